The molecule has 43 heavy (non-hydrogen) atoms. The zero-order valence-corrected chi connectivity index (χ0v) is 26.6. The van der Waals surface area contributed by atoms with Gasteiger partial charge in [-0.2, -0.15) is 0 Å². The topological polar surface area (TPSA) is 0 Å². The summed E-state index contributed by atoms with van der Waals surface area (Å²) in [5.74, 6) is 1.42. The Hall–Kier alpha value is -3.94. The Morgan fingerprint density at radius 2 is 0.884 bits per heavy atom. The van der Waals surface area contributed by atoms with E-state index in [1.54, 1.807) is 11.1 Å². The summed E-state index contributed by atoms with van der Waals surface area (Å²) < 4.78 is 0. The predicted molar refractivity (Wildman–Crippen MR) is 188 cm³/mol. The van der Waals surface area contributed by atoms with Gasteiger partial charge in [0.25, 0.3) is 0 Å². The highest BCUT2D eigenvalue weighted by Gasteiger charge is 2.42. The fraction of sp³-hybridized carbons (Fsp3) is 0.238. The van der Waals surface area contributed by atoms with E-state index in [9.17, 15) is 0 Å². The molecule has 6 aromatic rings. The predicted octanol–water partition coefficient (Wildman–Crippen LogP) is 11.8. The van der Waals surface area contributed by atoms with Gasteiger partial charge in [-0.25, -0.2) is 0 Å². The highest BCUT2D eigenvalue weighted by Crippen LogP contribution is 2.55. The van der Waals surface area contributed by atoms with Gasteiger partial charge in [0, 0.05) is 8.07 Å². The molecule has 0 saturated heterocycles. The molecule has 0 N–H and O–H groups in total. The summed E-state index contributed by atoms with van der Waals surface area (Å²) in [4.78, 5) is 0. The van der Waals surface area contributed by atoms with E-state index < -0.39 is 8.07 Å². The maximum atomic E-state index is 2.60. The molecule has 1 heteroatoms. The van der Waals surface area contributed by atoms with Crippen LogP contribution in [-0.2, 0) is 12.8 Å². The van der Waals surface area contributed by atoms with Gasteiger partial charge in [-0.1, -0.05) is 129 Å². The number of hydrogen-bond donors (Lipinski definition) is 0. The minimum Gasteiger partial charge on any atom is -0.0693 e. The summed E-state index contributed by atoms with van der Waals surface area (Å²) in [6.45, 7) is 7.80. The molecule has 0 amide bonds. The molecule has 0 aliphatic heterocycles. The van der Waals surface area contributed by atoms with Crippen molar-refractivity contribution in [3.05, 3.63) is 132 Å². The van der Waals surface area contributed by atoms with Crippen molar-refractivity contribution in [2.24, 2.45) is 11.8 Å². The molecule has 0 nitrogen and oxygen atoms in total. The van der Waals surface area contributed by atoms with Crippen LogP contribution in [0, 0.1) is 11.8 Å². The molecule has 2 aliphatic rings. The van der Waals surface area contributed by atoms with E-state index in [1.165, 1.54) is 80.6 Å². The smallest absolute Gasteiger partial charge is 0.0474 e. The molecular formula is C42H40Si. The molecule has 212 valence electrons. The maximum Gasteiger partial charge on any atom is 0.0474 e. The fourth-order valence-electron chi connectivity index (χ4n) is 8.47. The Labute approximate surface area is 257 Å². The number of benzene rings is 6. The second kappa shape index (κ2) is 10.4. The molecule has 1 saturated carbocycles. The van der Waals surface area contributed by atoms with Gasteiger partial charge in [-0.15, -0.1) is 0 Å². The van der Waals surface area contributed by atoms with Gasteiger partial charge >= 0.3 is 0 Å². The molecule has 0 bridgehead atoms. The Balaban J connectivity index is 1.53. The van der Waals surface area contributed by atoms with Crippen molar-refractivity contribution in [1.29, 1.82) is 0 Å². The summed E-state index contributed by atoms with van der Waals surface area (Å²) in [5.41, 5.74) is 12.5. The third-order valence-electron chi connectivity index (χ3n) is 10.7. The maximum absolute atomic E-state index is 2.60. The molecule has 6 aromatic carbocycles. The zero-order valence-electron chi connectivity index (χ0n) is 25.6. The molecule has 3 atom stereocenters. The fourth-order valence-corrected chi connectivity index (χ4v) is 10.5. The monoisotopic (exact) mass is 572 g/mol. The van der Waals surface area contributed by atoms with Crippen molar-refractivity contribution in [2.75, 3.05) is 0 Å². The van der Waals surface area contributed by atoms with Gasteiger partial charge < -0.3 is 0 Å². The first-order chi connectivity index (χ1) is 21.0. The Morgan fingerprint density at radius 1 is 0.488 bits per heavy atom. The van der Waals surface area contributed by atoms with Crippen molar-refractivity contribution >= 4 is 29.6 Å². The third kappa shape index (κ3) is 4.57. The Morgan fingerprint density at radius 3 is 1.30 bits per heavy atom. The van der Waals surface area contributed by atoms with Crippen molar-refractivity contribution in [3.8, 4) is 33.4 Å². The SMILES string of the molecule is C[Si](C)(C)C1C[C@H]2Cc3c(-c4ccccc4)cc4ccccc4c3-c3c(c(-c4ccccc4)cc4ccccc34)C[C@H]2C1. The second-order valence-electron chi connectivity index (χ2n) is 14.2. The van der Waals surface area contributed by atoms with Gasteiger partial charge in [-0.05, 0) is 121 Å². The Bertz CT molecular complexity index is 1820. The summed E-state index contributed by atoms with van der Waals surface area (Å²) in [6, 6.07) is 45.7. The lowest BCUT2D eigenvalue weighted by atomic mass is 9.72. The minimum atomic E-state index is -1.27. The summed E-state index contributed by atoms with van der Waals surface area (Å²) in [6.07, 6.45) is 5.09. The van der Waals surface area contributed by atoms with Crippen LogP contribution in [-0.4, -0.2) is 8.07 Å². The summed E-state index contributed by atoms with van der Waals surface area (Å²) >= 11 is 0. The first kappa shape index (κ1) is 26.7. The minimum absolute atomic E-state index is 0.711. The molecule has 1 unspecified atom stereocenters. The van der Waals surface area contributed by atoms with Crippen LogP contribution in [0.1, 0.15) is 24.0 Å². The average Bonchev–Trinajstić information content (AvgIpc) is 3.43. The van der Waals surface area contributed by atoms with E-state index in [1.807, 2.05) is 0 Å². The molecule has 8 rings (SSSR count). The second-order valence-corrected chi connectivity index (χ2v) is 19.7. The largest absolute Gasteiger partial charge is 0.0693 e. The van der Waals surface area contributed by atoms with Gasteiger partial charge in [0.05, 0.1) is 0 Å². The quantitative estimate of drug-likeness (QED) is 0.185. The normalized spacial score (nSPS) is 19.8. The van der Waals surface area contributed by atoms with Crippen LogP contribution >= 0.6 is 0 Å². The Kier molecular flexibility index (Phi) is 6.42. The molecule has 0 radical (unpaired) electrons. The van der Waals surface area contributed by atoms with Crippen LogP contribution in [0.15, 0.2) is 121 Å². The first-order valence-corrected chi connectivity index (χ1v) is 19.7. The van der Waals surface area contributed by atoms with Gasteiger partial charge in [-0.3, -0.25) is 0 Å². The zero-order chi connectivity index (χ0) is 29.1. The van der Waals surface area contributed by atoms with E-state index in [4.69, 9.17) is 0 Å². The highest BCUT2D eigenvalue weighted by atomic mass is 28.3. The van der Waals surface area contributed by atoms with Gasteiger partial charge in [0.1, 0.15) is 0 Å². The van der Waals surface area contributed by atoms with Crippen LogP contribution in [0.3, 0.4) is 0 Å². The summed E-state index contributed by atoms with van der Waals surface area (Å²) in [5, 5.41) is 5.46. The van der Waals surface area contributed by atoms with Crippen molar-refractivity contribution < 1.29 is 0 Å². The molecule has 1 fully saturated rings. The summed E-state index contributed by atoms with van der Waals surface area (Å²) in [7, 11) is -1.27. The van der Waals surface area contributed by atoms with Crippen molar-refractivity contribution in [1.82, 2.24) is 0 Å². The van der Waals surface area contributed by atoms with Crippen LogP contribution in [0.25, 0.3) is 54.9 Å². The highest BCUT2D eigenvalue weighted by molar-refractivity contribution is 6.77. The van der Waals surface area contributed by atoms with Gasteiger partial charge in [0.15, 0.2) is 0 Å². The lowest BCUT2D eigenvalue weighted by Crippen LogP contribution is -2.26. The third-order valence-corrected chi connectivity index (χ3v) is 13.7. The van der Waals surface area contributed by atoms with E-state index in [2.05, 4.69) is 141 Å². The van der Waals surface area contributed by atoms with Crippen LogP contribution in [0.5, 0.6) is 0 Å². The van der Waals surface area contributed by atoms with E-state index >= 15 is 0 Å². The number of hydrogen-bond acceptors (Lipinski definition) is 0. The average molecular weight is 573 g/mol. The molecule has 2 aliphatic carbocycles. The van der Waals surface area contributed by atoms with E-state index in [0.29, 0.717) is 11.8 Å². The number of fused-ring (bicyclic) bond motifs is 8. The van der Waals surface area contributed by atoms with Gasteiger partial charge in [0.2, 0.25) is 0 Å². The number of rotatable bonds is 3. The molecule has 0 heterocycles. The molecule has 0 aromatic heterocycles. The first-order valence-electron chi connectivity index (χ1n) is 16.2. The van der Waals surface area contributed by atoms with E-state index in [0.717, 1.165) is 5.54 Å². The van der Waals surface area contributed by atoms with E-state index in [-0.39, 0.29) is 0 Å². The van der Waals surface area contributed by atoms with Crippen LogP contribution < -0.4 is 0 Å². The van der Waals surface area contributed by atoms with Crippen LogP contribution in [0.2, 0.25) is 25.2 Å². The lowest BCUT2D eigenvalue weighted by molar-refractivity contribution is 0.383. The standard InChI is InChI=1S/C42H40Si/c1-43(2,3)34-22-32-26-39-37(28-14-6-4-7-15-28)24-30-18-10-12-20-35(30)41(39)42-36-21-13-11-19-31(36)25-38(29-16-8-5-9-17-29)40(42)27-33(32)23-34/h4-21,24-25,32-34H,22-23,26-27H2,1-3H3/t32-,33+,34?. The van der Waals surface area contributed by atoms with Crippen molar-refractivity contribution in [3.63, 3.8) is 0 Å². The molecular weight excluding hydrogens is 533 g/mol. The van der Waals surface area contributed by atoms with Crippen LogP contribution in [0.4, 0.5) is 0 Å². The molecule has 0 spiro atoms. The van der Waals surface area contributed by atoms with Crippen molar-refractivity contribution in [2.45, 2.75) is 50.9 Å². The lowest BCUT2D eigenvalue weighted by Gasteiger charge is -2.31.